The van der Waals surface area contributed by atoms with Crippen LogP contribution >= 0.6 is 23.1 Å². The van der Waals surface area contributed by atoms with Crippen LogP contribution in [0.4, 0.5) is 5.69 Å². The molecule has 8 heteroatoms. The number of benzene rings is 2. The Morgan fingerprint density at radius 3 is 2.50 bits per heavy atom. The number of anilines is 1. The van der Waals surface area contributed by atoms with Crippen molar-refractivity contribution in [3.63, 3.8) is 0 Å². The first kappa shape index (κ1) is 22.1. The van der Waals surface area contributed by atoms with Crippen molar-refractivity contribution in [2.75, 3.05) is 30.8 Å². The zero-order valence-corrected chi connectivity index (χ0v) is 19.5. The molecule has 0 saturated carbocycles. The second-order valence-corrected chi connectivity index (χ2v) is 9.09. The highest BCUT2D eigenvalue weighted by Gasteiger charge is 2.17. The first-order chi connectivity index (χ1) is 15.7. The fraction of sp³-hybridized carbons (Fsp3) is 0.208. The maximum absolute atomic E-state index is 12.4. The Morgan fingerprint density at radius 2 is 1.78 bits per heavy atom. The number of thiophene rings is 1. The van der Waals surface area contributed by atoms with Crippen LogP contribution in [0.3, 0.4) is 0 Å². The van der Waals surface area contributed by atoms with Crippen LogP contribution in [0, 0.1) is 0 Å². The van der Waals surface area contributed by atoms with Gasteiger partial charge in [-0.2, -0.15) is 0 Å². The van der Waals surface area contributed by atoms with Gasteiger partial charge in [0.15, 0.2) is 11.0 Å². The number of hydrogen-bond donors (Lipinski definition) is 1. The third kappa shape index (κ3) is 5.57. The van der Waals surface area contributed by atoms with Crippen LogP contribution in [0.15, 0.2) is 83.3 Å². The molecule has 0 saturated heterocycles. The molecule has 2 aromatic heterocycles. The van der Waals surface area contributed by atoms with E-state index in [1.165, 1.54) is 17.4 Å². The second-order valence-electron chi connectivity index (χ2n) is 7.20. The normalized spacial score (nSPS) is 10.8. The molecule has 1 amide bonds. The quantitative estimate of drug-likeness (QED) is 0.272. The van der Waals surface area contributed by atoms with E-state index in [2.05, 4.69) is 39.6 Å². The Kier molecular flexibility index (Phi) is 7.58. The summed E-state index contributed by atoms with van der Waals surface area (Å²) in [6.45, 7) is 1.52. The molecule has 2 aromatic carbocycles. The molecule has 32 heavy (non-hydrogen) atoms. The Balaban J connectivity index is 1.32. The third-order valence-corrected chi connectivity index (χ3v) is 6.71. The van der Waals surface area contributed by atoms with Crippen molar-refractivity contribution in [3.8, 4) is 16.4 Å². The number of carbonyl (C=O) groups excluding carboxylic acids is 1. The number of nitrogens with zero attached hydrogens (tertiary/aromatic N) is 4. The topological polar surface area (TPSA) is 63.1 Å². The van der Waals surface area contributed by atoms with E-state index in [1.54, 1.807) is 11.3 Å². The van der Waals surface area contributed by atoms with Crippen LogP contribution in [0.5, 0.6) is 0 Å². The maximum Gasteiger partial charge on any atom is 0.230 e. The van der Waals surface area contributed by atoms with Gasteiger partial charge < -0.3 is 10.2 Å². The lowest BCUT2D eigenvalue weighted by Gasteiger charge is -2.19. The first-order valence-corrected chi connectivity index (χ1v) is 12.3. The maximum atomic E-state index is 12.4. The Labute approximate surface area is 196 Å². The fourth-order valence-corrected chi connectivity index (χ4v) is 4.76. The summed E-state index contributed by atoms with van der Waals surface area (Å²) >= 11 is 3.02. The lowest BCUT2D eigenvalue weighted by Crippen LogP contribution is -2.29. The van der Waals surface area contributed by atoms with Crippen molar-refractivity contribution < 1.29 is 4.79 Å². The summed E-state index contributed by atoms with van der Waals surface area (Å²) in [7, 11) is 2.06. The predicted octanol–water partition coefficient (Wildman–Crippen LogP) is 4.73. The van der Waals surface area contributed by atoms with E-state index in [9.17, 15) is 4.79 Å². The molecule has 0 radical (unpaired) electrons. The number of nitrogens with one attached hydrogen (secondary N) is 1. The van der Waals surface area contributed by atoms with Gasteiger partial charge in [-0.25, -0.2) is 0 Å². The molecule has 0 spiro atoms. The SMILES string of the molecule is CN(CCCNC(=O)CSc1nnc(-c2cccs2)n1-c1ccccc1)c1ccccc1. The molecular weight excluding hydrogens is 438 g/mol. The van der Waals surface area contributed by atoms with E-state index >= 15 is 0 Å². The van der Waals surface area contributed by atoms with E-state index in [4.69, 9.17) is 0 Å². The lowest BCUT2D eigenvalue weighted by molar-refractivity contribution is -0.118. The van der Waals surface area contributed by atoms with E-state index < -0.39 is 0 Å². The number of amides is 1. The van der Waals surface area contributed by atoms with Gasteiger partial charge in [0, 0.05) is 31.5 Å². The molecule has 0 atom stereocenters. The van der Waals surface area contributed by atoms with Crippen LogP contribution < -0.4 is 10.2 Å². The lowest BCUT2D eigenvalue weighted by atomic mass is 10.3. The summed E-state index contributed by atoms with van der Waals surface area (Å²) in [6.07, 6.45) is 0.879. The Morgan fingerprint density at radius 1 is 1.03 bits per heavy atom. The predicted molar refractivity (Wildman–Crippen MR) is 133 cm³/mol. The van der Waals surface area contributed by atoms with E-state index in [-0.39, 0.29) is 5.91 Å². The van der Waals surface area contributed by atoms with Crippen LogP contribution in [-0.4, -0.2) is 46.6 Å². The van der Waals surface area contributed by atoms with Crippen molar-refractivity contribution in [2.24, 2.45) is 0 Å². The molecular formula is C24H25N5OS2. The van der Waals surface area contributed by atoms with Crippen molar-refractivity contribution in [2.45, 2.75) is 11.6 Å². The molecule has 0 unspecified atom stereocenters. The molecule has 164 valence electrons. The van der Waals surface area contributed by atoms with Gasteiger partial charge in [-0.05, 0) is 42.1 Å². The summed E-state index contributed by atoms with van der Waals surface area (Å²) in [5.74, 6) is 1.08. The van der Waals surface area contributed by atoms with E-state index in [1.807, 2.05) is 70.6 Å². The minimum absolute atomic E-state index is 0.00218. The monoisotopic (exact) mass is 463 g/mol. The smallest absolute Gasteiger partial charge is 0.230 e. The van der Waals surface area contributed by atoms with Gasteiger partial charge in [0.1, 0.15) is 0 Å². The molecule has 4 rings (SSSR count). The largest absolute Gasteiger partial charge is 0.375 e. The fourth-order valence-electron chi connectivity index (χ4n) is 3.28. The highest BCUT2D eigenvalue weighted by atomic mass is 32.2. The number of rotatable bonds is 10. The number of hydrogen-bond acceptors (Lipinski definition) is 6. The average Bonchev–Trinajstić information content (AvgIpc) is 3.51. The number of thioether (sulfide) groups is 1. The molecule has 0 aliphatic rings. The molecule has 6 nitrogen and oxygen atoms in total. The van der Waals surface area contributed by atoms with Crippen molar-refractivity contribution in [3.05, 3.63) is 78.2 Å². The first-order valence-electron chi connectivity index (χ1n) is 10.4. The molecule has 0 aliphatic heterocycles. The molecule has 4 aromatic rings. The summed E-state index contributed by atoms with van der Waals surface area (Å²) in [6, 6.07) is 24.3. The Bertz CT molecular complexity index is 1110. The molecule has 0 aliphatic carbocycles. The van der Waals surface area contributed by atoms with Gasteiger partial charge in [-0.3, -0.25) is 9.36 Å². The summed E-state index contributed by atoms with van der Waals surface area (Å²) in [4.78, 5) is 15.6. The summed E-state index contributed by atoms with van der Waals surface area (Å²) in [5.41, 5.74) is 2.16. The van der Waals surface area contributed by atoms with Gasteiger partial charge in [0.2, 0.25) is 5.91 Å². The van der Waals surface area contributed by atoms with Gasteiger partial charge in [0.25, 0.3) is 0 Å². The van der Waals surface area contributed by atoms with Crippen molar-refractivity contribution in [1.82, 2.24) is 20.1 Å². The zero-order valence-electron chi connectivity index (χ0n) is 17.8. The minimum Gasteiger partial charge on any atom is -0.375 e. The Hall–Kier alpha value is -3.10. The van der Waals surface area contributed by atoms with Crippen molar-refractivity contribution >= 4 is 34.7 Å². The van der Waals surface area contributed by atoms with Gasteiger partial charge in [-0.1, -0.05) is 54.2 Å². The van der Waals surface area contributed by atoms with E-state index in [0.717, 1.165) is 29.4 Å². The molecule has 2 heterocycles. The van der Waals surface area contributed by atoms with Crippen LogP contribution in [0.25, 0.3) is 16.4 Å². The zero-order chi connectivity index (χ0) is 22.2. The number of carbonyl (C=O) groups is 1. The highest BCUT2D eigenvalue weighted by molar-refractivity contribution is 7.99. The number of para-hydroxylation sites is 2. The summed E-state index contributed by atoms with van der Waals surface area (Å²) in [5, 5.41) is 14.5. The minimum atomic E-state index is -0.00218. The highest BCUT2D eigenvalue weighted by Crippen LogP contribution is 2.30. The third-order valence-electron chi connectivity index (χ3n) is 4.91. The second kappa shape index (κ2) is 11.0. The van der Waals surface area contributed by atoms with Gasteiger partial charge >= 0.3 is 0 Å². The van der Waals surface area contributed by atoms with Crippen LogP contribution in [0.1, 0.15) is 6.42 Å². The average molecular weight is 464 g/mol. The van der Waals surface area contributed by atoms with Crippen molar-refractivity contribution in [1.29, 1.82) is 0 Å². The van der Waals surface area contributed by atoms with E-state index in [0.29, 0.717) is 17.5 Å². The molecule has 0 bridgehead atoms. The van der Waals surface area contributed by atoms with Crippen LogP contribution in [-0.2, 0) is 4.79 Å². The van der Waals surface area contributed by atoms with Gasteiger partial charge in [0.05, 0.1) is 10.6 Å². The van der Waals surface area contributed by atoms with Gasteiger partial charge in [-0.15, -0.1) is 21.5 Å². The standard InChI is InChI=1S/C24H25N5OS2/c1-28(19-10-4-2-5-11-19)16-9-15-25-22(30)18-32-24-27-26-23(21-14-8-17-31-21)29(24)20-12-6-3-7-13-20/h2-8,10-14,17H,9,15-16,18H2,1H3,(H,25,30). The van der Waals surface area contributed by atoms with Crippen LogP contribution in [0.2, 0.25) is 0 Å². The summed E-state index contributed by atoms with van der Waals surface area (Å²) < 4.78 is 2.01. The molecule has 0 fully saturated rings. The molecule has 1 N–H and O–H groups in total. The number of aromatic nitrogens is 3.